The zero-order valence-electron chi connectivity index (χ0n) is 12.7. The third-order valence-corrected chi connectivity index (χ3v) is 4.90. The van der Waals surface area contributed by atoms with E-state index in [9.17, 15) is 4.79 Å². The van der Waals surface area contributed by atoms with E-state index in [2.05, 4.69) is 18.9 Å². The van der Waals surface area contributed by atoms with E-state index in [0.717, 1.165) is 38.6 Å². The molecule has 1 aliphatic carbocycles. The van der Waals surface area contributed by atoms with Crippen LogP contribution in [0.15, 0.2) is 0 Å². The first kappa shape index (κ1) is 20.0. The lowest BCUT2D eigenvalue weighted by atomic mass is 9.96. The van der Waals surface area contributed by atoms with Gasteiger partial charge in [0.1, 0.15) is 0 Å². The van der Waals surface area contributed by atoms with Crippen molar-refractivity contribution in [1.29, 1.82) is 0 Å². The highest BCUT2D eigenvalue weighted by atomic mass is 35.5. The molecule has 4 unspecified atom stereocenters. The number of piperidine rings is 1. The molecular formula is C14H29Cl2N3O. The SMILES string of the molecule is CC1CC(N(C)C(=O)C2CCC(N)C2)CCN1C.Cl.Cl. The summed E-state index contributed by atoms with van der Waals surface area (Å²) in [6.45, 7) is 3.34. The first-order valence-electron chi connectivity index (χ1n) is 7.21. The first-order valence-corrected chi connectivity index (χ1v) is 7.21. The minimum atomic E-state index is 0. The fourth-order valence-corrected chi connectivity index (χ4v) is 3.32. The minimum Gasteiger partial charge on any atom is -0.342 e. The number of amides is 1. The smallest absolute Gasteiger partial charge is 0.225 e. The molecule has 0 aromatic rings. The molecule has 1 aliphatic heterocycles. The number of likely N-dealkylation sites (tertiary alicyclic amines) is 1. The van der Waals surface area contributed by atoms with Gasteiger partial charge in [-0.05, 0) is 46.1 Å². The third-order valence-electron chi connectivity index (χ3n) is 4.90. The number of carbonyl (C=O) groups excluding carboxylic acids is 1. The molecule has 0 radical (unpaired) electrons. The van der Waals surface area contributed by atoms with E-state index in [1.54, 1.807) is 0 Å². The second-order valence-corrected chi connectivity index (χ2v) is 6.23. The summed E-state index contributed by atoms with van der Waals surface area (Å²) in [6.07, 6.45) is 5.06. The van der Waals surface area contributed by atoms with Gasteiger partial charge in [-0.3, -0.25) is 4.79 Å². The van der Waals surface area contributed by atoms with Gasteiger partial charge in [-0.25, -0.2) is 0 Å². The molecule has 1 saturated carbocycles. The van der Waals surface area contributed by atoms with E-state index in [-0.39, 0.29) is 36.8 Å². The Labute approximate surface area is 135 Å². The van der Waals surface area contributed by atoms with Crippen LogP contribution in [0.3, 0.4) is 0 Å². The summed E-state index contributed by atoms with van der Waals surface area (Å²) < 4.78 is 0. The van der Waals surface area contributed by atoms with Crippen molar-refractivity contribution >= 4 is 30.7 Å². The van der Waals surface area contributed by atoms with Crippen LogP contribution in [0.2, 0.25) is 0 Å². The van der Waals surface area contributed by atoms with Crippen molar-refractivity contribution in [3.8, 4) is 0 Å². The number of nitrogens with two attached hydrogens (primary N) is 1. The predicted octanol–water partition coefficient (Wildman–Crippen LogP) is 1.90. The highest BCUT2D eigenvalue weighted by Gasteiger charge is 2.34. The molecule has 2 aliphatic rings. The number of hydrogen-bond donors (Lipinski definition) is 1. The Bertz CT molecular complexity index is 317. The van der Waals surface area contributed by atoms with E-state index in [0.29, 0.717) is 18.0 Å². The standard InChI is InChI=1S/C14H27N3O.2ClH/c1-10-8-13(6-7-16(10)2)17(3)14(18)11-4-5-12(15)9-11;;/h10-13H,4-9,15H2,1-3H3;2*1H. The van der Waals surface area contributed by atoms with Crippen LogP contribution in [0.5, 0.6) is 0 Å². The third kappa shape index (κ3) is 4.48. The van der Waals surface area contributed by atoms with Gasteiger partial charge in [-0.15, -0.1) is 24.8 Å². The number of hydrogen-bond acceptors (Lipinski definition) is 3. The molecule has 4 atom stereocenters. The van der Waals surface area contributed by atoms with E-state index in [1.807, 2.05) is 11.9 Å². The van der Waals surface area contributed by atoms with E-state index < -0.39 is 0 Å². The van der Waals surface area contributed by atoms with Gasteiger partial charge in [0.25, 0.3) is 0 Å². The van der Waals surface area contributed by atoms with Crippen molar-refractivity contribution in [1.82, 2.24) is 9.80 Å². The Morgan fingerprint density at radius 3 is 2.35 bits per heavy atom. The van der Waals surface area contributed by atoms with Gasteiger partial charge >= 0.3 is 0 Å². The summed E-state index contributed by atoms with van der Waals surface area (Å²) in [5.74, 6) is 0.504. The van der Waals surface area contributed by atoms with Crippen molar-refractivity contribution in [3.05, 3.63) is 0 Å². The average Bonchev–Trinajstić information content (AvgIpc) is 2.77. The lowest BCUT2D eigenvalue weighted by molar-refractivity contribution is -0.137. The van der Waals surface area contributed by atoms with Crippen LogP contribution in [-0.4, -0.2) is 54.5 Å². The topological polar surface area (TPSA) is 49.6 Å². The molecule has 6 heteroatoms. The molecule has 0 aromatic carbocycles. The fraction of sp³-hybridized carbons (Fsp3) is 0.929. The Morgan fingerprint density at radius 1 is 1.20 bits per heavy atom. The molecule has 2 N–H and O–H groups in total. The Hall–Kier alpha value is -0.0300. The average molecular weight is 326 g/mol. The van der Waals surface area contributed by atoms with E-state index in [4.69, 9.17) is 5.73 Å². The molecule has 2 rings (SSSR count). The number of carbonyl (C=O) groups is 1. The highest BCUT2D eigenvalue weighted by molar-refractivity contribution is 5.85. The molecule has 1 amide bonds. The normalized spacial score (nSPS) is 34.0. The maximum Gasteiger partial charge on any atom is 0.225 e. The second kappa shape index (κ2) is 8.42. The molecule has 1 heterocycles. The number of rotatable bonds is 2. The van der Waals surface area contributed by atoms with Crippen molar-refractivity contribution in [2.45, 2.75) is 57.2 Å². The van der Waals surface area contributed by atoms with Gasteiger partial charge in [0.15, 0.2) is 0 Å². The molecule has 20 heavy (non-hydrogen) atoms. The van der Waals surface area contributed by atoms with E-state index in [1.165, 1.54) is 0 Å². The van der Waals surface area contributed by atoms with Crippen molar-refractivity contribution in [3.63, 3.8) is 0 Å². The first-order chi connectivity index (χ1) is 8.49. The molecule has 0 bridgehead atoms. The molecular weight excluding hydrogens is 297 g/mol. The van der Waals surface area contributed by atoms with Crippen LogP contribution >= 0.6 is 24.8 Å². The van der Waals surface area contributed by atoms with Crippen molar-refractivity contribution < 1.29 is 4.79 Å². The largest absolute Gasteiger partial charge is 0.342 e. The monoisotopic (exact) mass is 325 g/mol. The predicted molar refractivity (Wildman–Crippen MR) is 87.7 cm³/mol. The maximum absolute atomic E-state index is 12.4. The van der Waals surface area contributed by atoms with E-state index >= 15 is 0 Å². The molecule has 2 fully saturated rings. The summed E-state index contributed by atoms with van der Waals surface area (Å²) in [5, 5.41) is 0. The summed E-state index contributed by atoms with van der Waals surface area (Å²) in [4.78, 5) is 16.8. The molecule has 120 valence electrons. The van der Waals surface area contributed by atoms with Crippen LogP contribution in [-0.2, 0) is 4.79 Å². The van der Waals surface area contributed by atoms with Gasteiger partial charge in [0, 0.05) is 37.6 Å². The summed E-state index contributed by atoms with van der Waals surface area (Å²) in [5.41, 5.74) is 5.90. The zero-order valence-corrected chi connectivity index (χ0v) is 14.4. The van der Waals surface area contributed by atoms with Crippen molar-refractivity contribution in [2.75, 3.05) is 20.6 Å². The lowest BCUT2D eigenvalue weighted by Crippen LogP contribution is -2.49. The Balaban J connectivity index is 0.00000180. The van der Waals surface area contributed by atoms with Crippen molar-refractivity contribution in [2.24, 2.45) is 11.7 Å². The van der Waals surface area contributed by atoms with Gasteiger partial charge in [0.05, 0.1) is 0 Å². The molecule has 0 aromatic heterocycles. The second-order valence-electron chi connectivity index (χ2n) is 6.23. The van der Waals surface area contributed by atoms with Gasteiger partial charge in [0.2, 0.25) is 5.91 Å². The molecule has 0 spiro atoms. The highest BCUT2D eigenvalue weighted by Crippen LogP contribution is 2.28. The maximum atomic E-state index is 12.4. The van der Waals surface area contributed by atoms with Crippen LogP contribution in [0.4, 0.5) is 0 Å². The fourth-order valence-electron chi connectivity index (χ4n) is 3.32. The van der Waals surface area contributed by atoms with Crippen LogP contribution < -0.4 is 5.73 Å². The summed E-state index contributed by atoms with van der Waals surface area (Å²) in [7, 11) is 4.15. The minimum absolute atomic E-state index is 0. The van der Waals surface area contributed by atoms with Gasteiger partial charge < -0.3 is 15.5 Å². The van der Waals surface area contributed by atoms with Crippen LogP contribution in [0, 0.1) is 5.92 Å². The number of nitrogens with zero attached hydrogens (tertiary/aromatic N) is 2. The van der Waals surface area contributed by atoms with Crippen LogP contribution in [0.1, 0.15) is 39.0 Å². The molecule has 1 saturated heterocycles. The van der Waals surface area contributed by atoms with Gasteiger partial charge in [-0.1, -0.05) is 0 Å². The zero-order chi connectivity index (χ0) is 13.3. The summed E-state index contributed by atoms with van der Waals surface area (Å²) >= 11 is 0. The van der Waals surface area contributed by atoms with Gasteiger partial charge in [-0.2, -0.15) is 0 Å². The summed E-state index contributed by atoms with van der Waals surface area (Å²) in [6, 6.07) is 1.23. The molecule has 4 nitrogen and oxygen atoms in total. The Morgan fingerprint density at radius 2 is 1.85 bits per heavy atom. The number of halogens is 2. The quantitative estimate of drug-likeness (QED) is 0.843. The van der Waals surface area contributed by atoms with Crippen LogP contribution in [0.25, 0.3) is 0 Å². The Kier molecular flexibility index (Phi) is 8.41. The lowest BCUT2D eigenvalue weighted by Gasteiger charge is -2.40.